The molecule has 0 radical (unpaired) electrons. The number of aliphatic hydroxyl groups is 1. The number of hydrogen-bond donors (Lipinski definition) is 1. The molecule has 3 amide bonds. The van der Waals surface area contributed by atoms with E-state index in [1.807, 2.05) is 68.4 Å². The van der Waals surface area contributed by atoms with Gasteiger partial charge in [-0.1, -0.05) is 74.9 Å². The van der Waals surface area contributed by atoms with Crippen molar-refractivity contribution in [2.45, 2.75) is 62.4 Å². The molecule has 248 valence electrons. The summed E-state index contributed by atoms with van der Waals surface area (Å²) in [6, 6.07) is 15.6. The Bertz CT molecular complexity index is 1660. The van der Waals surface area contributed by atoms with Gasteiger partial charge < -0.3 is 19.8 Å². The third kappa shape index (κ3) is 5.27. The predicted molar refractivity (Wildman–Crippen MR) is 184 cm³/mol. The van der Waals surface area contributed by atoms with Crippen molar-refractivity contribution in [3.05, 3.63) is 79.9 Å². The molecule has 2 bridgehead atoms. The number of nitrogens with zero attached hydrogens (tertiary/aromatic N) is 6. The highest BCUT2D eigenvalue weighted by molar-refractivity contribution is 8.02. The van der Waals surface area contributed by atoms with Crippen LogP contribution in [0, 0.1) is 23.7 Å². The van der Waals surface area contributed by atoms with E-state index in [0.29, 0.717) is 19.4 Å². The van der Waals surface area contributed by atoms with Gasteiger partial charge in [-0.3, -0.25) is 14.4 Å². The highest BCUT2D eigenvalue weighted by atomic mass is 32.2. The van der Waals surface area contributed by atoms with Crippen molar-refractivity contribution in [2.24, 2.45) is 23.7 Å². The molecule has 3 aliphatic rings. The maximum atomic E-state index is 15.1. The summed E-state index contributed by atoms with van der Waals surface area (Å²) in [5.74, 6) is -2.01. The Morgan fingerprint density at radius 3 is 2.49 bits per heavy atom. The highest BCUT2D eigenvalue weighted by Gasteiger charge is 2.77. The molecular formula is C36H44N6O4S. The molecule has 6 rings (SSSR count). The summed E-state index contributed by atoms with van der Waals surface area (Å²) in [4.78, 5) is 49.7. The molecule has 3 unspecified atom stereocenters. The molecule has 1 spiro atoms. The van der Waals surface area contributed by atoms with Gasteiger partial charge in [0.05, 0.1) is 34.7 Å². The molecule has 0 aliphatic carbocycles. The lowest BCUT2D eigenvalue weighted by Gasteiger charge is -2.43. The van der Waals surface area contributed by atoms with Gasteiger partial charge in [0, 0.05) is 24.0 Å². The summed E-state index contributed by atoms with van der Waals surface area (Å²) >= 11 is 1.64. The number of rotatable bonds is 13. The SMILES string of the molecule is C=CCN(Cn1nnc2ccccc21)C(=O)C1N([C@@H](CO)[C@@H](C)CC)C(=O)[C@@H]2[C@H](C(=O)N(CC=C)c3ccccc3)[C@@H]3CC(C)C12S3. The number of hydrogen-bond acceptors (Lipinski definition) is 7. The van der Waals surface area contributed by atoms with Crippen molar-refractivity contribution in [1.29, 1.82) is 0 Å². The zero-order valence-corrected chi connectivity index (χ0v) is 28.1. The van der Waals surface area contributed by atoms with Gasteiger partial charge in [0.15, 0.2) is 0 Å². The molecule has 0 saturated carbocycles. The molecule has 2 aromatic carbocycles. The first kappa shape index (κ1) is 33.0. The number of anilines is 1. The minimum Gasteiger partial charge on any atom is -0.394 e. The van der Waals surface area contributed by atoms with Crippen LogP contribution in [0.25, 0.3) is 11.0 Å². The lowest BCUT2D eigenvalue weighted by atomic mass is 9.65. The van der Waals surface area contributed by atoms with Gasteiger partial charge in [0.1, 0.15) is 18.2 Å². The molecule has 10 nitrogen and oxygen atoms in total. The first-order valence-electron chi connectivity index (χ1n) is 16.5. The smallest absolute Gasteiger partial charge is 0.248 e. The van der Waals surface area contributed by atoms with Crippen LogP contribution in [0.1, 0.15) is 33.6 Å². The predicted octanol–water partition coefficient (Wildman–Crippen LogP) is 4.37. The average Bonchev–Trinajstić information content (AvgIpc) is 3.81. The Balaban J connectivity index is 1.45. The van der Waals surface area contributed by atoms with E-state index < -0.39 is 28.7 Å². The zero-order valence-electron chi connectivity index (χ0n) is 27.3. The normalized spacial score (nSPS) is 27.4. The van der Waals surface area contributed by atoms with Gasteiger partial charge in [-0.15, -0.1) is 30.0 Å². The summed E-state index contributed by atoms with van der Waals surface area (Å²) < 4.78 is 0.841. The second-order valence-electron chi connectivity index (χ2n) is 13.1. The Morgan fingerprint density at radius 1 is 1.11 bits per heavy atom. The van der Waals surface area contributed by atoms with Crippen LogP contribution in [0.4, 0.5) is 5.69 Å². The number of carbonyl (C=O) groups excluding carboxylic acids is 3. The van der Waals surface area contributed by atoms with E-state index >= 15 is 4.79 Å². The zero-order chi connectivity index (χ0) is 33.5. The van der Waals surface area contributed by atoms with Crippen LogP contribution in [0.2, 0.25) is 0 Å². The van der Waals surface area contributed by atoms with Crippen LogP contribution < -0.4 is 4.90 Å². The van der Waals surface area contributed by atoms with E-state index in [1.165, 1.54) is 0 Å². The number of carbonyl (C=O) groups is 3. The largest absolute Gasteiger partial charge is 0.394 e. The lowest BCUT2D eigenvalue weighted by Crippen LogP contribution is -2.60. The van der Waals surface area contributed by atoms with E-state index in [-0.39, 0.29) is 54.6 Å². The fraction of sp³-hybridized carbons (Fsp3) is 0.472. The number of aromatic nitrogens is 3. The summed E-state index contributed by atoms with van der Waals surface area (Å²) in [5.41, 5.74) is 2.25. The monoisotopic (exact) mass is 656 g/mol. The van der Waals surface area contributed by atoms with Crippen molar-refractivity contribution < 1.29 is 19.5 Å². The fourth-order valence-corrected chi connectivity index (χ4v) is 10.6. The van der Waals surface area contributed by atoms with E-state index in [1.54, 1.807) is 43.3 Å². The van der Waals surface area contributed by atoms with E-state index in [0.717, 1.165) is 16.7 Å². The lowest BCUT2D eigenvalue weighted by molar-refractivity contribution is -0.147. The van der Waals surface area contributed by atoms with Gasteiger partial charge in [0.2, 0.25) is 17.7 Å². The maximum absolute atomic E-state index is 15.1. The molecule has 3 aliphatic heterocycles. The number of para-hydroxylation sites is 2. The van der Waals surface area contributed by atoms with Crippen LogP contribution in [-0.2, 0) is 21.1 Å². The van der Waals surface area contributed by atoms with Crippen molar-refractivity contribution in [1.82, 2.24) is 24.8 Å². The van der Waals surface area contributed by atoms with Crippen LogP contribution in [0.3, 0.4) is 0 Å². The minimum absolute atomic E-state index is 0.0203. The van der Waals surface area contributed by atoms with Crippen LogP contribution in [0.15, 0.2) is 79.9 Å². The average molecular weight is 657 g/mol. The molecule has 11 heteroatoms. The molecule has 1 aromatic heterocycles. The number of fused-ring (bicyclic) bond motifs is 2. The van der Waals surface area contributed by atoms with Gasteiger partial charge in [-0.05, 0) is 42.5 Å². The number of amides is 3. The Hall–Kier alpha value is -3.96. The van der Waals surface area contributed by atoms with Gasteiger partial charge in [0.25, 0.3) is 0 Å². The maximum Gasteiger partial charge on any atom is 0.248 e. The second-order valence-corrected chi connectivity index (χ2v) is 14.6. The van der Waals surface area contributed by atoms with Crippen molar-refractivity contribution in [3.8, 4) is 0 Å². The van der Waals surface area contributed by atoms with E-state index in [9.17, 15) is 14.7 Å². The quantitative estimate of drug-likeness (QED) is 0.272. The number of likely N-dealkylation sites (tertiary alicyclic amines) is 1. The van der Waals surface area contributed by atoms with Crippen LogP contribution >= 0.6 is 11.8 Å². The number of thioether (sulfide) groups is 1. The Kier molecular flexibility index (Phi) is 9.31. The summed E-state index contributed by atoms with van der Waals surface area (Å²) in [7, 11) is 0. The Morgan fingerprint density at radius 2 is 1.81 bits per heavy atom. The summed E-state index contributed by atoms with van der Waals surface area (Å²) in [6.45, 7) is 14.3. The molecule has 8 atom stereocenters. The third-order valence-electron chi connectivity index (χ3n) is 10.6. The Labute approximate surface area is 280 Å². The molecule has 3 saturated heterocycles. The molecular weight excluding hydrogens is 613 g/mol. The summed E-state index contributed by atoms with van der Waals surface area (Å²) in [5, 5.41) is 19.3. The minimum atomic E-state index is -0.881. The first-order chi connectivity index (χ1) is 22.7. The van der Waals surface area contributed by atoms with Crippen molar-refractivity contribution in [2.75, 3.05) is 24.6 Å². The molecule has 47 heavy (non-hydrogen) atoms. The van der Waals surface area contributed by atoms with Gasteiger partial charge in [-0.25, -0.2) is 4.68 Å². The van der Waals surface area contributed by atoms with Crippen LogP contribution in [-0.4, -0.2) is 89.4 Å². The van der Waals surface area contributed by atoms with Crippen LogP contribution in [0.5, 0.6) is 0 Å². The third-order valence-corrected chi connectivity index (χ3v) is 12.7. The number of aliphatic hydroxyl groups excluding tert-OH is 1. The van der Waals surface area contributed by atoms with Gasteiger partial charge in [-0.2, -0.15) is 0 Å². The summed E-state index contributed by atoms with van der Waals surface area (Å²) in [6.07, 6.45) is 4.79. The fourth-order valence-electron chi connectivity index (χ4n) is 8.16. The number of benzene rings is 2. The second kappa shape index (κ2) is 13.3. The molecule has 4 heterocycles. The highest BCUT2D eigenvalue weighted by Crippen LogP contribution is 2.69. The molecule has 3 fully saturated rings. The standard InChI is InChI=1S/C36H44N6O4S/c1-6-18-39(22-41-27-17-13-12-16-26(27)37-38-41)35(46)32-36-24(5)20-29(47-36)30(31(36)34(45)42(32)28(21-43)23(4)8-3)33(44)40(19-7-2)25-14-10-9-11-15-25/h6-7,9-17,23-24,28-32,43H,1-2,8,18-22H2,3-5H3/t23-,24?,28-,29-,30+,31-,32?,36?/m0/s1. The van der Waals surface area contributed by atoms with Crippen molar-refractivity contribution in [3.63, 3.8) is 0 Å². The molecule has 3 aromatic rings. The van der Waals surface area contributed by atoms with Crippen molar-refractivity contribution >= 4 is 46.2 Å². The first-order valence-corrected chi connectivity index (χ1v) is 17.4. The van der Waals surface area contributed by atoms with Gasteiger partial charge >= 0.3 is 0 Å². The molecule has 1 N–H and O–H groups in total. The topological polar surface area (TPSA) is 112 Å². The van der Waals surface area contributed by atoms with E-state index in [4.69, 9.17) is 0 Å². The van der Waals surface area contributed by atoms with E-state index in [2.05, 4.69) is 30.4 Å².